The van der Waals surface area contributed by atoms with Gasteiger partial charge in [-0.05, 0) is 34.6 Å². The third-order valence-electron chi connectivity index (χ3n) is 5.53. The predicted octanol–water partition coefficient (Wildman–Crippen LogP) is 5.35. The lowest BCUT2D eigenvalue weighted by atomic mass is 10.00. The van der Waals surface area contributed by atoms with Gasteiger partial charge >= 0.3 is 0 Å². The van der Waals surface area contributed by atoms with Crippen LogP contribution in [0.25, 0.3) is 23.2 Å². The van der Waals surface area contributed by atoms with Gasteiger partial charge in [0.05, 0.1) is 0 Å². The molecule has 2 nitrogen and oxygen atoms in total. The summed E-state index contributed by atoms with van der Waals surface area (Å²) in [6, 6.07) is 28.6. The molecule has 0 saturated carbocycles. The zero-order chi connectivity index (χ0) is 22.5. The molecule has 0 bridgehead atoms. The number of carbonyl (C=O) groups is 1. The topological polar surface area (TPSA) is 26.3 Å². The Balaban J connectivity index is 1.54. The number of rotatable bonds is 3. The van der Waals surface area contributed by atoms with E-state index < -0.39 is 0 Å². The highest BCUT2D eigenvalue weighted by molar-refractivity contribution is 6.08. The minimum Gasteiger partial charge on any atom is -0.456 e. The highest BCUT2D eigenvalue weighted by Gasteiger charge is 2.14. The second-order valence-corrected chi connectivity index (χ2v) is 7.80. The molecule has 0 fully saturated rings. The standard InChI is InChI=1S/C31H22O2/c32-29-14-8-7-11-25(29)18-15-23-16-19-27(20-17-23)31-22-28(24-9-3-1-4-10-24)21-30(33-31)26-12-5-2-6-13-26/h1-22H/b23-15?,25-18+,31-27?. The average Bonchev–Trinajstić information content (AvgIpc) is 2.89. The molecule has 0 amide bonds. The van der Waals surface area contributed by atoms with E-state index in [1.807, 2.05) is 85.0 Å². The van der Waals surface area contributed by atoms with Crippen molar-refractivity contribution >= 4 is 29.0 Å². The first-order valence-corrected chi connectivity index (χ1v) is 10.9. The van der Waals surface area contributed by atoms with Crippen molar-refractivity contribution in [2.24, 2.45) is 0 Å². The largest absolute Gasteiger partial charge is 0.456 e. The second kappa shape index (κ2) is 9.37. The zero-order valence-corrected chi connectivity index (χ0v) is 18.0. The Bertz CT molecular complexity index is 1440. The van der Waals surface area contributed by atoms with Crippen molar-refractivity contribution < 1.29 is 9.53 Å². The molecule has 3 aromatic carbocycles. The quantitative estimate of drug-likeness (QED) is 0.528. The summed E-state index contributed by atoms with van der Waals surface area (Å²) in [5.74, 6) is 1.65. The van der Waals surface area contributed by atoms with Gasteiger partial charge in [0.15, 0.2) is 5.78 Å². The van der Waals surface area contributed by atoms with Gasteiger partial charge in [-0.3, -0.25) is 4.79 Å². The maximum Gasteiger partial charge on any atom is 0.185 e. The van der Waals surface area contributed by atoms with Gasteiger partial charge in [0.2, 0.25) is 0 Å². The number of benzene rings is 3. The van der Waals surface area contributed by atoms with Crippen LogP contribution in [0.3, 0.4) is 0 Å². The van der Waals surface area contributed by atoms with E-state index in [9.17, 15) is 4.79 Å². The monoisotopic (exact) mass is 426 g/mol. The molecule has 0 aromatic heterocycles. The molecular formula is C31H22O2. The van der Waals surface area contributed by atoms with Crippen LogP contribution in [0.5, 0.6) is 0 Å². The maximum absolute atomic E-state index is 11.9. The molecule has 0 unspecified atom stereocenters. The molecule has 33 heavy (non-hydrogen) atoms. The minimum atomic E-state index is 0.0235. The number of hydrogen-bond acceptors (Lipinski definition) is 2. The van der Waals surface area contributed by atoms with Crippen LogP contribution in [0.1, 0.15) is 11.1 Å². The summed E-state index contributed by atoms with van der Waals surface area (Å²) in [6.07, 6.45) is 15.0. The molecule has 0 N–H and O–H groups in total. The lowest BCUT2D eigenvalue weighted by molar-refractivity contribution is -0.111. The first kappa shape index (κ1) is 20.5. The van der Waals surface area contributed by atoms with Gasteiger partial charge in [-0.2, -0.15) is 0 Å². The van der Waals surface area contributed by atoms with E-state index in [4.69, 9.17) is 4.74 Å². The summed E-state index contributed by atoms with van der Waals surface area (Å²) >= 11 is 0. The molecular weight excluding hydrogens is 404 g/mol. The summed E-state index contributed by atoms with van der Waals surface area (Å²) in [5.41, 5.74) is 3.96. The molecule has 1 heterocycles. The molecule has 5 rings (SSSR count). The summed E-state index contributed by atoms with van der Waals surface area (Å²) in [7, 11) is 0. The fourth-order valence-corrected chi connectivity index (χ4v) is 3.75. The van der Waals surface area contributed by atoms with Gasteiger partial charge in [0.1, 0.15) is 11.5 Å². The summed E-state index contributed by atoms with van der Waals surface area (Å²) in [5, 5.41) is 2.01. The Labute approximate surface area is 193 Å². The third kappa shape index (κ3) is 4.76. The van der Waals surface area contributed by atoms with Crippen molar-refractivity contribution in [3.63, 3.8) is 0 Å². The van der Waals surface area contributed by atoms with Gasteiger partial charge in [-0.1, -0.05) is 115 Å². The van der Waals surface area contributed by atoms with Gasteiger partial charge in [-0.15, -0.1) is 0 Å². The molecule has 0 atom stereocenters. The van der Waals surface area contributed by atoms with Crippen LogP contribution in [-0.4, -0.2) is 5.78 Å². The van der Waals surface area contributed by atoms with Crippen molar-refractivity contribution in [3.05, 3.63) is 155 Å². The van der Waals surface area contributed by atoms with Crippen molar-refractivity contribution in [1.82, 2.24) is 0 Å². The van der Waals surface area contributed by atoms with E-state index in [0.717, 1.165) is 38.7 Å². The normalized spacial score (nSPS) is 16.3. The molecule has 1 aliphatic carbocycles. The zero-order valence-electron chi connectivity index (χ0n) is 18.0. The Morgan fingerprint density at radius 1 is 0.636 bits per heavy atom. The van der Waals surface area contributed by atoms with Crippen LogP contribution in [0, 0.1) is 0 Å². The fraction of sp³-hybridized carbons (Fsp3) is 0. The van der Waals surface area contributed by atoms with Gasteiger partial charge in [0.25, 0.3) is 0 Å². The highest BCUT2D eigenvalue weighted by atomic mass is 16.5. The Kier molecular flexibility index (Phi) is 5.81. The molecule has 0 saturated heterocycles. The highest BCUT2D eigenvalue weighted by Crippen LogP contribution is 2.31. The molecule has 2 heteroatoms. The number of ether oxygens (including phenoxy) is 1. The van der Waals surface area contributed by atoms with Crippen molar-refractivity contribution in [1.29, 1.82) is 0 Å². The van der Waals surface area contributed by atoms with Gasteiger partial charge in [0, 0.05) is 16.4 Å². The van der Waals surface area contributed by atoms with Gasteiger partial charge in [-0.25, -0.2) is 0 Å². The maximum atomic E-state index is 11.9. The van der Waals surface area contributed by atoms with Crippen molar-refractivity contribution in [3.8, 4) is 0 Å². The number of ketones is 1. The fourth-order valence-electron chi connectivity index (χ4n) is 3.75. The van der Waals surface area contributed by atoms with Crippen molar-refractivity contribution in [2.75, 3.05) is 0 Å². The molecule has 2 aliphatic rings. The van der Waals surface area contributed by atoms with E-state index in [0.29, 0.717) is 5.57 Å². The summed E-state index contributed by atoms with van der Waals surface area (Å²) in [6.45, 7) is 0. The van der Waals surface area contributed by atoms with E-state index >= 15 is 0 Å². The first-order valence-electron chi connectivity index (χ1n) is 10.9. The van der Waals surface area contributed by atoms with Crippen LogP contribution in [0.4, 0.5) is 0 Å². The number of allylic oxidation sites excluding steroid dienone is 8. The van der Waals surface area contributed by atoms with Crippen LogP contribution < -0.4 is 10.4 Å². The van der Waals surface area contributed by atoms with E-state index in [-0.39, 0.29) is 5.78 Å². The smallest absolute Gasteiger partial charge is 0.185 e. The minimum absolute atomic E-state index is 0.0235. The lowest BCUT2D eigenvalue weighted by Crippen LogP contribution is -2.13. The van der Waals surface area contributed by atoms with Crippen LogP contribution in [-0.2, 0) is 9.53 Å². The number of carbonyl (C=O) groups excluding carboxylic acids is 1. The Hall–Kier alpha value is -4.43. The number of hydrogen-bond donors (Lipinski definition) is 0. The Morgan fingerprint density at radius 3 is 2.00 bits per heavy atom. The van der Waals surface area contributed by atoms with Crippen LogP contribution in [0.15, 0.2) is 133 Å². The molecule has 0 radical (unpaired) electrons. The molecule has 0 spiro atoms. The summed E-state index contributed by atoms with van der Waals surface area (Å²) < 4.78 is 6.34. The van der Waals surface area contributed by atoms with Crippen LogP contribution >= 0.6 is 0 Å². The van der Waals surface area contributed by atoms with E-state index in [1.54, 1.807) is 12.2 Å². The molecule has 3 aromatic rings. The SMILES string of the molecule is O=C1C=CC=C/C1=C\C=c1ccc(=C2C=C(c3ccccc3)C=C(c3ccccc3)O2)cc1. The predicted molar refractivity (Wildman–Crippen MR) is 135 cm³/mol. The average molecular weight is 427 g/mol. The van der Waals surface area contributed by atoms with E-state index in [1.165, 1.54) is 0 Å². The van der Waals surface area contributed by atoms with Gasteiger partial charge < -0.3 is 4.74 Å². The first-order chi connectivity index (χ1) is 16.3. The third-order valence-corrected chi connectivity index (χ3v) is 5.53. The Morgan fingerprint density at radius 2 is 1.30 bits per heavy atom. The summed E-state index contributed by atoms with van der Waals surface area (Å²) in [4.78, 5) is 11.9. The van der Waals surface area contributed by atoms with E-state index in [2.05, 4.69) is 36.4 Å². The molecule has 1 aliphatic heterocycles. The molecule has 158 valence electrons. The van der Waals surface area contributed by atoms with Crippen molar-refractivity contribution in [2.45, 2.75) is 0 Å². The van der Waals surface area contributed by atoms with Crippen LogP contribution in [0.2, 0.25) is 0 Å². The second-order valence-electron chi connectivity index (χ2n) is 7.80. The lowest BCUT2D eigenvalue weighted by Gasteiger charge is -2.18.